The van der Waals surface area contributed by atoms with Crippen LogP contribution in [-0.2, 0) is 24.2 Å². The van der Waals surface area contributed by atoms with Crippen LogP contribution >= 0.6 is 34.8 Å². The molecule has 0 aliphatic rings. The van der Waals surface area contributed by atoms with Gasteiger partial charge in [0.1, 0.15) is 18.6 Å². The van der Waals surface area contributed by atoms with E-state index in [1.54, 1.807) is 0 Å². The summed E-state index contributed by atoms with van der Waals surface area (Å²) < 4.78 is 27.7. The fourth-order valence-corrected chi connectivity index (χ4v) is 2.66. The van der Waals surface area contributed by atoms with Gasteiger partial charge in [-0.25, -0.2) is 8.42 Å². The molecule has 1 aromatic rings. The smallest absolute Gasteiger partial charge is 0.320 e. The molecule has 25 heavy (non-hydrogen) atoms. The predicted octanol–water partition coefficient (Wildman–Crippen LogP) is 1.19. The number of carbonyl (C=O) groups is 2. The minimum Gasteiger partial charge on any atom is -0.462 e. The number of alkyl halides is 3. The molecule has 0 radical (unpaired) electrons. The van der Waals surface area contributed by atoms with Crippen LogP contribution in [-0.4, -0.2) is 55.0 Å². The summed E-state index contributed by atoms with van der Waals surface area (Å²) in [5.41, 5.74) is 0.292. The first-order valence-corrected chi connectivity index (χ1v) is 10.1. The molecule has 0 saturated heterocycles. The largest absolute Gasteiger partial charge is 0.462 e. The highest BCUT2D eigenvalue weighted by molar-refractivity contribution is 7.90. The zero-order chi connectivity index (χ0) is 19.2. The molecule has 0 aliphatic carbocycles. The molecular weight excluding hydrogens is 417 g/mol. The van der Waals surface area contributed by atoms with Crippen molar-refractivity contribution < 1.29 is 27.9 Å². The van der Waals surface area contributed by atoms with E-state index in [4.69, 9.17) is 39.5 Å². The zero-order valence-electron chi connectivity index (χ0n) is 13.0. The molecule has 2 N–H and O–H groups in total. The van der Waals surface area contributed by atoms with Crippen LogP contribution in [0.5, 0.6) is 0 Å². The lowest BCUT2D eigenvalue weighted by molar-refractivity contribution is -0.143. The van der Waals surface area contributed by atoms with E-state index in [1.807, 2.05) is 0 Å². The molecule has 1 aromatic carbocycles. The Labute approximate surface area is 160 Å². The van der Waals surface area contributed by atoms with E-state index in [0.717, 1.165) is 6.26 Å². The van der Waals surface area contributed by atoms with Crippen molar-refractivity contribution in [2.45, 2.75) is 21.9 Å². The quantitative estimate of drug-likeness (QED) is 0.472. The number of carbonyl (C=O) groups excluding carboxylic acids is 2. The normalized spacial score (nSPS) is 14.0. The summed E-state index contributed by atoms with van der Waals surface area (Å²) in [4.78, 5) is 21.5. The minimum atomic E-state index is -3.39. The van der Waals surface area contributed by atoms with E-state index in [2.05, 4.69) is 5.32 Å². The van der Waals surface area contributed by atoms with Gasteiger partial charge in [-0.2, -0.15) is 0 Å². The van der Waals surface area contributed by atoms with Crippen LogP contribution in [0.2, 0.25) is 0 Å². The number of amides is 1. The fraction of sp³-hybridized carbons (Fsp3) is 0.429. The number of esters is 1. The van der Waals surface area contributed by atoms with Crippen LogP contribution in [0.25, 0.3) is 0 Å². The molecule has 1 amide bonds. The average molecular weight is 433 g/mol. The summed E-state index contributed by atoms with van der Waals surface area (Å²) in [7, 11) is -3.39. The molecule has 0 aromatic heterocycles. The Morgan fingerprint density at radius 3 is 2.24 bits per heavy atom. The second kappa shape index (κ2) is 9.59. The van der Waals surface area contributed by atoms with Gasteiger partial charge in [0.2, 0.25) is 0 Å². The molecule has 0 heterocycles. The van der Waals surface area contributed by atoms with Crippen LogP contribution in [0.3, 0.4) is 0 Å². The standard InChI is InChI=1S/C14H16Cl3NO6S/c1-25(22,23)9-4-2-8(3-5-9)12(20)10(7-24-11(19)6-15)18-14(21)13(16)17/h2-5,10,12-13,20H,6-7H2,1H3,(H,18,21)/t10-,12+/m0/s1. The molecule has 1 rings (SSSR count). The Morgan fingerprint density at radius 1 is 1.24 bits per heavy atom. The third kappa shape index (κ3) is 6.99. The second-order valence-corrected chi connectivity index (χ2v) is 8.40. The molecule has 0 spiro atoms. The van der Waals surface area contributed by atoms with E-state index in [9.17, 15) is 23.1 Å². The molecular formula is C14H16Cl3NO6S. The summed E-state index contributed by atoms with van der Waals surface area (Å²) in [6, 6.07) is 4.31. The van der Waals surface area contributed by atoms with Gasteiger partial charge in [0.25, 0.3) is 5.91 Å². The number of ether oxygens (including phenoxy) is 1. The molecule has 0 saturated carbocycles. The van der Waals surface area contributed by atoms with Gasteiger partial charge in [-0.05, 0) is 17.7 Å². The molecule has 140 valence electrons. The molecule has 0 fully saturated rings. The van der Waals surface area contributed by atoms with E-state index >= 15 is 0 Å². The van der Waals surface area contributed by atoms with Gasteiger partial charge in [-0.15, -0.1) is 11.6 Å². The van der Waals surface area contributed by atoms with E-state index in [1.165, 1.54) is 24.3 Å². The maximum atomic E-state index is 11.7. The van der Waals surface area contributed by atoms with Crippen molar-refractivity contribution in [3.05, 3.63) is 29.8 Å². The Morgan fingerprint density at radius 2 is 1.80 bits per heavy atom. The van der Waals surface area contributed by atoms with Crippen molar-refractivity contribution in [2.75, 3.05) is 18.7 Å². The monoisotopic (exact) mass is 431 g/mol. The first-order chi connectivity index (χ1) is 11.6. The number of rotatable bonds is 8. The number of hydrogen-bond donors (Lipinski definition) is 2. The van der Waals surface area contributed by atoms with Crippen molar-refractivity contribution in [3.8, 4) is 0 Å². The molecule has 0 unspecified atom stereocenters. The number of nitrogens with one attached hydrogen (secondary N) is 1. The van der Waals surface area contributed by atoms with Crippen LogP contribution in [0.4, 0.5) is 0 Å². The van der Waals surface area contributed by atoms with Crippen LogP contribution < -0.4 is 5.32 Å². The lowest BCUT2D eigenvalue weighted by Gasteiger charge is -2.24. The highest BCUT2D eigenvalue weighted by Gasteiger charge is 2.26. The Hall–Kier alpha value is -1.06. The lowest BCUT2D eigenvalue weighted by Crippen LogP contribution is -2.45. The summed E-state index contributed by atoms with van der Waals surface area (Å²) in [6.45, 7) is -0.382. The molecule has 0 bridgehead atoms. The number of aliphatic hydroxyl groups excluding tert-OH is 1. The van der Waals surface area contributed by atoms with Crippen LogP contribution in [0.15, 0.2) is 29.2 Å². The topological polar surface area (TPSA) is 110 Å². The van der Waals surface area contributed by atoms with Crippen LogP contribution in [0.1, 0.15) is 11.7 Å². The second-order valence-electron chi connectivity index (χ2n) is 5.02. The van der Waals surface area contributed by atoms with Gasteiger partial charge >= 0.3 is 5.97 Å². The number of benzene rings is 1. The van der Waals surface area contributed by atoms with Gasteiger partial charge in [0, 0.05) is 6.26 Å². The summed E-state index contributed by atoms with van der Waals surface area (Å²) >= 11 is 16.2. The van der Waals surface area contributed by atoms with Gasteiger partial charge in [-0.3, -0.25) is 9.59 Å². The minimum absolute atomic E-state index is 0.0687. The summed E-state index contributed by atoms with van der Waals surface area (Å²) in [6.07, 6.45) is -0.262. The number of aliphatic hydroxyl groups is 1. The third-order valence-corrected chi connectivity index (χ3v) is 4.83. The van der Waals surface area contributed by atoms with Gasteiger partial charge in [0.05, 0.1) is 10.9 Å². The van der Waals surface area contributed by atoms with Crippen LogP contribution in [0, 0.1) is 0 Å². The Kier molecular flexibility index (Phi) is 8.43. The van der Waals surface area contributed by atoms with Crippen molar-refractivity contribution in [3.63, 3.8) is 0 Å². The Balaban J connectivity index is 2.98. The maximum Gasteiger partial charge on any atom is 0.320 e. The number of hydrogen-bond acceptors (Lipinski definition) is 6. The van der Waals surface area contributed by atoms with Gasteiger partial charge in [-0.1, -0.05) is 35.3 Å². The van der Waals surface area contributed by atoms with E-state index in [0.29, 0.717) is 5.56 Å². The first-order valence-electron chi connectivity index (χ1n) is 6.84. The number of halogens is 3. The maximum absolute atomic E-state index is 11.7. The average Bonchev–Trinajstić information content (AvgIpc) is 2.56. The van der Waals surface area contributed by atoms with Crippen molar-refractivity contribution in [1.82, 2.24) is 5.32 Å². The van der Waals surface area contributed by atoms with Gasteiger partial charge in [0.15, 0.2) is 14.7 Å². The molecule has 11 heteroatoms. The molecule has 7 nitrogen and oxygen atoms in total. The lowest BCUT2D eigenvalue weighted by atomic mass is 10.0. The van der Waals surface area contributed by atoms with Crippen molar-refractivity contribution >= 4 is 56.5 Å². The fourth-order valence-electron chi connectivity index (χ4n) is 1.82. The van der Waals surface area contributed by atoms with Gasteiger partial charge < -0.3 is 15.2 Å². The van der Waals surface area contributed by atoms with E-state index < -0.39 is 44.6 Å². The Bertz CT molecular complexity index is 708. The third-order valence-electron chi connectivity index (χ3n) is 3.09. The van der Waals surface area contributed by atoms with E-state index in [-0.39, 0.29) is 11.5 Å². The van der Waals surface area contributed by atoms with Crippen molar-refractivity contribution in [2.24, 2.45) is 0 Å². The SMILES string of the molecule is CS(=O)(=O)c1ccc([C@@H](O)[C@H](COC(=O)CCl)NC(=O)C(Cl)Cl)cc1. The summed E-state index contributed by atoms with van der Waals surface area (Å²) in [5, 5.41) is 12.8. The van der Waals surface area contributed by atoms with Crippen molar-refractivity contribution in [1.29, 1.82) is 0 Å². The highest BCUT2D eigenvalue weighted by Crippen LogP contribution is 2.20. The first kappa shape index (κ1) is 22.0. The summed E-state index contributed by atoms with van der Waals surface area (Å²) in [5.74, 6) is -1.93. The zero-order valence-corrected chi connectivity index (χ0v) is 16.1. The molecule has 0 aliphatic heterocycles. The molecule has 2 atom stereocenters. The number of sulfone groups is 1. The highest BCUT2D eigenvalue weighted by atomic mass is 35.5. The predicted molar refractivity (Wildman–Crippen MR) is 93.6 cm³/mol.